The Kier molecular flexibility index (Phi) is 2.77. The molecule has 2 heteroatoms. The minimum Gasteiger partial charge on any atom is -0.506 e. The van der Waals surface area contributed by atoms with E-state index in [0.717, 1.165) is 6.42 Å². The van der Waals surface area contributed by atoms with Gasteiger partial charge in [-0.3, -0.25) is 0 Å². The van der Waals surface area contributed by atoms with Crippen molar-refractivity contribution in [3.05, 3.63) is 24.1 Å². The van der Waals surface area contributed by atoms with E-state index in [1.54, 1.807) is 6.08 Å². The lowest BCUT2D eigenvalue weighted by Crippen LogP contribution is -1.98. The van der Waals surface area contributed by atoms with Crippen molar-refractivity contribution in [2.45, 2.75) is 13.3 Å². The highest BCUT2D eigenvalue weighted by atomic mass is 16.3. The topological polar surface area (TPSA) is 46.2 Å². The predicted molar refractivity (Wildman–Crippen MR) is 34.3 cm³/mol. The monoisotopic (exact) mass is 113 g/mol. The summed E-state index contributed by atoms with van der Waals surface area (Å²) in [6.07, 6.45) is 2.54. The van der Waals surface area contributed by atoms with E-state index >= 15 is 0 Å². The van der Waals surface area contributed by atoms with Crippen LogP contribution in [0.4, 0.5) is 0 Å². The third-order valence-corrected chi connectivity index (χ3v) is 0.757. The van der Waals surface area contributed by atoms with Gasteiger partial charge in [0.25, 0.3) is 0 Å². The van der Waals surface area contributed by atoms with Crippen LogP contribution in [0.3, 0.4) is 0 Å². The van der Waals surface area contributed by atoms with Crippen LogP contribution in [0.15, 0.2) is 24.1 Å². The van der Waals surface area contributed by atoms with Gasteiger partial charge in [-0.1, -0.05) is 19.6 Å². The first-order valence-corrected chi connectivity index (χ1v) is 2.52. The van der Waals surface area contributed by atoms with E-state index in [0.29, 0.717) is 5.70 Å². The van der Waals surface area contributed by atoms with Crippen molar-refractivity contribution in [1.82, 2.24) is 0 Å². The Morgan fingerprint density at radius 1 is 1.88 bits per heavy atom. The summed E-state index contributed by atoms with van der Waals surface area (Å²) in [7, 11) is 0. The van der Waals surface area contributed by atoms with Gasteiger partial charge < -0.3 is 10.8 Å². The first-order valence-electron chi connectivity index (χ1n) is 2.52. The van der Waals surface area contributed by atoms with Gasteiger partial charge in [0.1, 0.15) is 5.76 Å². The van der Waals surface area contributed by atoms with Gasteiger partial charge in [-0.2, -0.15) is 0 Å². The third kappa shape index (κ3) is 2.29. The quantitative estimate of drug-likeness (QED) is 0.419. The lowest BCUT2D eigenvalue weighted by atomic mass is 10.3. The Morgan fingerprint density at radius 2 is 2.38 bits per heavy atom. The molecule has 0 bridgehead atoms. The summed E-state index contributed by atoms with van der Waals surface area (Å²) < 4.78 is 0. The van der Waals surface area contributed by atoms with Crippen molar-refractivity contribution in [2.75, 3.05) is 0 Å². The predicted octanol–water partition coefficient (Wildman–Crippen LogP) is 1.31. The van der Waals surface area contributed by atoms with Gasteiger partial charge in [0.2, 0.25) is 0 Å². The van der Waals surface area contributed by atoms with Crippen LogP contribution < -0.4 is 5.73 Å². The molecular formula is C6H11NO. The number of rotatable bonds is 2. The summed E-state index contributed by atoms with van der Waals surface area (Å²) in [6, 6.07) is 0. The third-order valence-electron chi connectivity index (χ3n) is 0.757. The van der Waals surface area contributed by atoms with Gasteiger partial charge in [-0.05, 0) is 6.42 Å². The van der Waals surface area contributed by atoms with E-state index in [1.807, 2.05) is 6.92 Å². The number of nitrogens with two attached hydrogens (primary N) is 1. The fourth-order valence-corrected chi connectivity index (χ4v) is 0.338. The molecule has 0 amide bonds. The summed E-state index contributed by atoms with van der Waals surface area (Å²) in [5.74, 6) is -0.0492. The average molecular weight is 113 g/mol. The normalized spacial score (nSPS) is 11.4. The summed E-state index contributed by atoms with van der Waals surface area (Å²) in [4.78, 5) is 0. The van der Waals surface area contributed by atoms with Gasteiger partial charge >= 0.3 is 0 Å². The van der Waals surface area contributed by atoms with Gasteiger partial charge in [0.05, 0.1) is 5.70 Å². The second-order valence-electron chi connectivity index (χ2n) is 1.51. The molecule has 0 saturated carbocycles. The number of aliphatic hydroxyl groups excluding tert-OH is 1. The Morgan fingerprint density at radius 3 is 2.50 bits per heavy atom. The molecule has 3 N–H and O–H groups in total. The molecule has 0 aliphatic heterocycles. The van der Waals surface area contributed by atoms with Crippen LogP contribution in [0.1, 0.15) is 13.3 Å². The molecule has 46 valence electrons. The molecule has 0 unspecified atom stereocenters. The molecule has 0 aliphatic rings. The zero-order chi connectivity index (χ0) is 6.57. The Balaban J connectivity index is 3.80. The van der Waals surface area contributed by atoms with Crippen LogP contribution in [-0.4, -0.2) is 5.11 Å². The van der Waals surface area contributed by atoms with Crippen molar-refractivity contribution in [3.8, 4) is 0 Å². The Bertz CT molecular complexity index is 116. The zero-order valence-electron chi connectivity index (χ0n) is 5.02. The zero-order valence-corrected chi connectivity index (χ0v) is 5.02. The van der Waals surface area contributed by atoms with E-state index in [1.165, 1.54) is 0 Å². The van der Waals surface area contributed by atoms with Crippen LogP contribution in [0.2, 0.25) is 0 Å². The molecular weight excluding hydrogens is 102 g/mol. The number of aliphatic hydroxyl groups is 1. The molecule has 0 radical (unpaired) electrons. The summed E-state index contributed by atoms with van der Waals surface area (Å²) >= 11 is 0. The first kappa shape index (κ1) is 7.08. The largest absolute Gasteiger partial charge is 0.506 e. The number of hydrogen-bond acceptors (Lipinski definition) is 2. The molecule has 0 saturated heterocycles. The lowest BCUT2D eigenvalue weighted by Gasteiger charge is -1.93. The van der Waals surface area contributed by atoms with E-state index in [2.05, 4.69) is 6.58 Å². The maximum absolute atomic E-state index is 8.56. The van der Waals surface area contributed by atoms with E-state index in [-0.39, 0.29) is 5.76 Å². The summed E-state index contributed by atoms with van der Waals surface area (Å²) in [5, 5.41) is 8.56. The fourth-order valence-electron chi connectivity index (χ4n) is 0.338. The maximum Gasteiger partial charge on any atom is 0.130 e. The van der Waals surface area contributed by atoms with Crippen molar-refractivity contribution in [2.24, 2.45) is 5.73 Å². The van der Waals surface area contributed by atoms with Crippen LogP contribution in [-0.2, 0) is 0 Å². The van der Waals surface area contributed by atoms with Crippen LogP contribution in [0, 0.1) is 0 Å². The highest BCUT2D eigenvalue weighted by molar-refractivity contribution is 5.17. The lowest BCUT2D eigenvalue weighted by molar-refractivity contribution is 0.424. The molecule has 2 nitrogen and oxygen atoms in total. The molecule has 8 heavy (non-hydrogen) atoms. The SMILES string of the molecule is C=C(O)/C(N)=C\CC. The first-order chi connectivity index (χ1) is 3.68. The fraction of sp³-hybridized carbons (Fsp3) is 0.333. The van der Waals surface area contributed by atoms with Gasteiger partial charge in [0.15, 0.2) is 0 Å². The van der Waals surface area contributed by atoms with Gasteiger partial charge in [-0.15, -0.1) is 0 Å². The molecule has 0 aromatic rings. The summed E-state index contributed by atoms with van der Waals surface area (Å²) in [6.45, 7) is 5.18. The molecule has 0 spiro atoms. The molecule has 0 rings (SSSR count). The minimum atomic E-state index is -0.0492. The van der Waals surface area contributed by atoms with Gasteiger partial charge in [-0.25, -0.2) is 0 Å². The minimum absolute atomic E-state index is 0.0492. The average Bonchev–Trinajstić information content (AvgIpc) is 1.67. The second kappa shape index (κ2) is 3.13. The number of hydrogen-bond donors (Lipinski definition) is 2. The molecule has 0 fully saturated rings. The summed E-state index contributed by atoms with van der Waals surface area (Å²) in [5.41, 5.74) is 5.61. The highest BCUT2D eigenvalue weighted by Gasteiger charge is 1.87. The second-order valence-corrected chi connectivity index (χ2v) is 1.51. The van der Waals surface area contributed by atoms with Crippen molar-refractivity contribution < 1.29 is 5.11 Å². The number of allylic oxidation sites excluding steroid dienone is 1. The van der Waals surface area contributed by atoms with E-state index in [4.69, 9.17) is 10.8 Å². The van der Waals surface area contributed by atoms with E-state index in [9.17, 15) is 0 Å². The molecule has 0 atom stereocenters. The molecule has 0 aliphatic carbocycles. The Labute approximate surface area is 49.3 Å². The molecule has 0 aromatic carbocycles. The smallest absolute Gasteiger partial charge is 0.130 e. The van der Waals surface area contributed by atoms with Crippen LogP contribution >= 0.6 is 0 Å². The van der Waals surface area contributed by atoms with Crippen molar-refractivity contribution in [3.63, 3.8) is 0 Å². The van der Waals surface area contributed by atoms with E-state index < -0.39 is 0 Å². The van der Waals surface area contributed by atoms with Gasteiger partial charge in [0, 0.05) is 0 Å². The molecule has 0 aromatic heterocycles. The standard InChI is InChI=1S/C6H11NO/c1-3-4-6(7)5(2)8/h4,8H,2-3,7H2,1H3/b6-4+. The van der Waals surface area contributed by atoms with Crippen molar-refractivity contribution >= 4 is 0 Å². The molecule has 0 heterocycles. The highest BCUT2D eigenvalue weighted by Crippen LogP contribution is 1.95. The Hall–Kier alpha value is -0.920. The maximum atomic E-state index is 8.56. The van der Waals surface area contributed by atoms with Crippen molar-refractivity contribution in [1.29, 1.82) is 0 Å². The van der Waals surface area contributed by atoms with Crippen LogP contribution in [0.5, 0.6) is 0 Å². The van der Waals surface area contributed by atoms with Crippen LogP contribution in [0.25, 0.3) is 0 Å².